The van der Waals surface area contributed by atoms with Crippen LogP contribution in [0.5, 0.6) is 0 Å². The highest BCUT2D eigenvalue weighted by atomic mass is 16.5. The van der Waals surface area contributed by atoms with E-state index in [4.69, 9.17) is 4.74 Å². The fourth-order valence-corrected chi connectivity index (χ4v) is 1.87. The molecule has 1 fully saturated rings. The van der Waals surface area contributed by atoms with Crippen LogP contribution >= 0.6 is 0 Å². The van der Waals surface area contributed by atoms with Gasteiger partial charge >= 0.3 is 0 Å². The molecule has 0 aromatic carbocycles. The highest BCUT2D eigenvalue weighted by Crippen LogP contribution is 2.03. The molecule has 1 heterocycles. The lowest BCUT2D eigenvalue weighted by Crippen LogP contribution is -2.46. The third kappa shape index (κ3) is 4.40. The van der Waals surface area contributed by atoms with Crippen molar-refractivity contribution in [2.75, 3.05) is 19.8 Å². The Hall–Kier alpha value is -0.120. The zero-order valence-electron chi connectivity index (χ0n) is 9.68. The van der Waals surface area contributed by atoms with Crippen molar-refractivity contribution in [2.45, 2.75) is 51.7 Å². The molecule has 0 saturated carbocycles. The summed E-state index contributed by atoms with van der Waals surface area (Å²) in [5, 5.41) is 7.06. The minimum absolute atomic E-state index is 0.537. The van der Waals surface area contributed by atoms with Crippen LogP contribution in [0.4, 0.5) is 0 Å². The minimum atomic E-state index is 0.537. The second-order valence-corrected chi connectivity index (χ2v) is 4.34. The molecule has 0 bridgehead atoms. The molecule has 0 aromatic heterocycles. The zero-order valence-corrected chi connectivity index (χ0v) is 9.68. The normalized spacial score (nSPS) is 27.2. The SMILES string of the molecule is CCC(C)NC(C)CC1COCCN1. The Morgan fingerprint density at radius 1 is 1.43 bits per heavy atom. The van der Waals surface area contributed by atoms with Gasteiger partial charge in [-0.05, 0) is 26.7 Å². The van der Waals surface area contributed by atoms with Crippen LogP contribution in [0.15, 0.2) is 0 Å². The Morgan fingerprint density at radius 3 is 2.79 bits per heavy atom. The largest absolute Gasteiger partial charge is 0.379 e. The van der Waals surface area contributed by atoms with Crippen molar-refractivity contribution in [1.29, 1.82) is 0 Å². The van der Waals surface area contributed by atoms with E-state index >= 15 is 0 Å². The van der Waals surface area contributed by atoms with Crippen LogP contribution in [0.1, 0.15) is 33.6 Å². The summed E-state index contributed by atoms with van der Waals surface area (Å²) in [6.45, 7) is 9.44. The van der Waals surface area contributed by atoms with Gasteiger partial charge in [-0.1, -0.05) is 6.92 Å². The summed E-state index contributed by atoms with van der Waals surface area (Å²) in [5.74, 6) is 0. The molecule has 2 N–H and O–H groups in total. The number of hydrogen-bond donors (Lipinski definition) is 2. The smallest absolute Gasteiger partial charge is 0.0620 e. The molecule has 84 valence electrons. The maximum atomic E-state index is 5.42. The summed E-state index contributed by atoms with van der Waals surface area (Å²) in [4.78, 5) is 0. The van der Waals surface area contributed by atoms with Gasteiger partial charge in [0.1, 0.15) is 0 Å². The predicted octanol–water partition coefficient (Wildman–Crippen LogP) is 1.14. The van der Waals surface area contributed by atoms with E-state index in [1.807, 2.05) is 0 Å². The number of morpholine rings is 1. The standard InChI is InChI=1S/C11H24N2O/c1-4-9(2)13-10(3)7-11-8-14-6-5-12-11/h9-13H,4-8H2,1-3H3. The van der Waals surface area contributed by atoms with Gasteiger partial charge in [0.2, 0.25) is 0 Å². The average Bonchev–Trinajstić information content (AvgIpc) is 2.19. The molecule has 14 heavy (non-hydrogen) atoms. The second-order valence-electron chi connectivity index (χ2n) is 4.34. The predicted molar refractivity (Wildman–Crippen MR) is 59.6 cm³/mol. The first kappa shape index (κ1) is 12.0. The first-order chi connectivity index (χ1) is 6.72. The number of ether oxygens (including phenoxy) is 1. The number of rotatable bonds is 5. The van der Waals surface area contributed by atoms with Gasteiger partial charge in [-0.15, -0.1) is 0 Å². The Labute approximate surface area is 87.6 Å². The number of hydrogen-bond acceptors (Lipinski definition) is 3. The fourth-order valence-electron chi connectivity index (χ4n) is 1.87. The van der Waals surface area contributed by atoms with Crippen molar-refractivity contribution < 1.29 is 4.74 Å². The van der Waals surface area contributed by atoms with E-state index in [-0.39, 0.29) is 0 Å². The van der Waals surface area contributed by atoms with Gasteiger partial charge in [0.05, 0.1) is 13.2 Å². The van der Waals surface area contributed by atoms with Crippen molar-refractivity contribution in [1.82, 2.24) is 10.6 Å². The molecule has 1 aliphatic heterocycles. The van der Waals surface area contributed by atoms with Gasteiger partial charge < -0.3 is 15.4 Å². The van der Waals surface area contributed by atoms with Crippen LogP contribution in [0.25, 0.3) is 0 Å². The molecule has 0 aliphatic carbocycles. The van der Waals surface area contributed by atoms with Gasteiger partial charge in [0.15, 0.2) is 0 Å². The maximum Gasteiger partial charge on any atom is 0.0620 e. The van der Waals surface area contributed by atoms with Crippen molar-refractivity contribution in [2.24, 2.45) is 0 Å². The third-order valence-corrected chi connectivity index (χ3v) is 2.82. The van der Waals surface area contributed by atoms with Gasteiger partial charge in [-0.3, -0.25) is 0 Å². The van der Waals surface area contributed by atoms with E-state index in [0.717, 1.165) is 26.2 Å². The van der Waals surface area contributed by atoms with Crippen molar-refractivity contribution in [3.8, 4) is 0 Å². The minimum Gasteiger partial charge on any atom is -0.379 e. The first-order valence-corrected chi connectivity index (χ1v) is 5.79. The molecule has 0 amide bonds. The third-order valence-electron chi connectivity index (χ3n) is 2.82. The summed E-state index contributed by atoms with van der Waals surface area (Å²) in [7, 11) is 0. The average molecular weight is 200 g/mol. The second kappa shape index (κ2) is 6.38. The molecule has 3 unspecified atom stereocenters. The zero-order chi connectivity index (χ0) is 10.4. The molecule has 3 atom stereocenters. The van der Waals surface area contributed by atoms with Crippen LogP contribution in [-0.2, 0) is 4.74 Å². The van der Waals surface area contributed by atoms with Crippen LogP contribution in [0, 0.1) is 0 Å². The van der Waals surface area contributed by atoms with Gasteiger partial charge in [0.25, 0.3) is 0 Å². The Balaban J connectivity index is 2.14. The van der Waals surface area contributed by atoms with Crippen molar-refractivity contribution in [3.63, 3.8) is 0 Å². The maximum absolute atomic E-state index is 5.42. The molecule has 1 saturated heterocycles. The molecule has 1 rings (SSSR count). The molecule has 0 radical (unpaired) electrons. The Morgan fingerprint density at radius 2 is 2.21 bits per heavy atom. The molecule has 3 nitrogen and oxygen atoms in total. The first-order valence-electron chi connectivity index (χ1n) is 5.79. The van der Waals surface area contributed by atoms with Gasteiger partial charge in [0, 0.05) is 24.7 Å². The Bertz CT molecular complexity index is 146. The summed E-state index contributed by atoms with van der Waals surface area (Å²) in [6.07, 6.45) is 2.35. The van der Waals surface area contributed by atoms with E-state index < -0.39 is 0 Å². The Kier molecular flexibility index (Phi) is 5.45. The lowest BCUT2D eigenvalue weighted by atomic mass is 10.1. The van der Waals surface area contributed by atoms with Crippen LogP contribution in [-0.4, -0.2) is 37.9 Å². The molecular formula is C11H24N2O. The summed E-state index contributed by atoms with van der Waals surface area (Å²) >= 11 is 0. The van der Waals surface area contributed by atoms with Crippen molar-refractivity contribution >= 4 is 0 Å². The molecule has 0 aromatic rings. The van der Waals surface area contributed by atoms with E-state index in [1.165, 1.54) is 6.42 Å². The van der Waals surface area contributed by atoms with Crippen LogP contribution < -0.4 is 10.6 Å². The van der Waals surface area contributed by atoms with E-state index in [9.17, 15) is 0 Å². The summed E-state index contributed by atoms with van der Waals surface area (Å²) in [6, 6.07) is 1.73. The van der Waals surface area contributed by atoms with E-state index in [0.29, 0.717) is 18.1 Å². The van der Waals surface area contributed by atoms with E-state index in [2.05, 4.69) is 31.4 Å². The highest BCUT2D eigenvalue weighted by Gasteiger charge is 2.16. The monoisotopic (exact) mass is 200 g/mol. The molecule has 1 aliphatic rings. The molecule has 3 heteroatoms. The lowest BCUT2D eigenvalue weighted by Gasteiger charge is -2.28. The van der Waals surface area contributed by atoms with Crippen molar-refractivity contribution in [3.05, 3.63) is 0 Å². The van der Waals surface area contributed by atoms with Crippen LogP contribution in [0.2, 0.25) is 0 Å². The van der Waals surface area contributed by atoms with E-state index in [1.54, 1.807) is 0 Å². The lowest BCUT2D eigenvalue weighted by molar-refractivity contribution is 0.0708. The fraction of sp³-hybridized carbons (Fsp3) is 1.00. The van der Waals surface area contributed by atoms with Gasteiger partial charge in [-0.2, -0.15) is 0 Å². The number of nitrogens with one attached hydrogen (secondary N) is 2. The highest BCUT2D eigenvalue weighted by molar-refractivity contribution is 4.77. The summed E-state index contributed by atoms with van der Waals surface area (Å²) < 4.78 is 5.42. The quantitative estimate of drug-likeness (QED) is 0.698. The van der Waals surface area contributed by atoms with Gasteiger partial charge in [-0.25, -0.2) is 0 Å². The van der Waals surface area contributed by atoms with Crippen LogP contribution in [0.3, 0.4) is 0 Å². The summed E-state index contributed by atoms with van der Waals surface area (Å²) in [5.41, 5.74) is 0. The molecular weight excluding hydrogens is 176 g/mol. The molecule has 0 spiro atoms. The topological polar surface area (TPSA) is 33.3 Å².